The van der Waals surface area contributed by atoms with Crippen LogP contribution in [0.4, 0.5) is 5.69 Å². The first-order chi connectivity index (χ1) is 13.1. The maximum atomic E-state index is 13.1. The van der Waals surface area contributed by atoms with E-state index in [1.165, 1.54) is 11.8 Å². The summed E-state index contributed by atoms with van der Waals surface area (Å²) in [5.41, 5.74) is 2.18. The highest BCUT2D eigenvalue weighted by Gasteiger charge is 2.38. The number of pyridine rings is 1. The van der Waals surface area contributed by atoms with Crippen molar-refractivity contribution >= 4 is 29.3 Å². The Kier molecular flexibility index (Phi) is 4.91. The minimum absolute atomic E-state index is 0.00555. The van der Waals surface area contributed by atoms with Gasteiger partial charge in [-0.25, -0.2) is 4.98 Å². The molecule has 1 saturated carbocycles. The lowest BCUT2D eigenvalue weighted by Crippen LogP contribution is -2.33. The van der Waals surface area contributed by atoms with Crippen LogP contribution < -0.4 is 4.90 Å². The van der Waals surface area contributed by atoms with E-state index in [2.05, 4.69) is 11.9 Å². The first-order valence-corrected chi connectivity index (χ1v) is 10.3. The zero-order chi connectivity index (χ0) is 19.0. The molecule has 2 aromatic rings. The van der Waals surface area contributed by atoms with Crippen LogP contribution in [-0.2, 0) is 0 Å². The summed E-state index contributed by atoms with van der Waals surface area (Å²) >= 11 is 1.47. The third-order valence-electron chi connectivity index (χ3n) is 5.00. The lowest BCUT2D eigenvalue weighted by Gasteiger charge is -2.23. The summed E-state index contributed by atoms with van der Waals surface area (Å²) in [5, 5.41) is 0.704. The van der Waals surface area contributed by atoms with Crippen molar-refractivity contribution in [3.63, 3.8) is 0 Å². The van der Waals surface area contributed by atoms with E-state index in [9.17, 15) is 9.59 Å². The summed E-state index contributed by atoms with van der Waals surface area (Å²) in [6, 6.07) is 9.56. The SMILES string of the molecule is CCCCN(C)C(=O)c1ccc2c(c1)Sc1ncccc1C(=O)N2C1CC1. The fourth-order valence-corrected chi connectivity index (χ4v) is 4.36. The summed E-state index contributed by atoms with van der Waals surface area (Å²) in [6.45, 7) is 2.86. The first kappa shape index (κ1) is 18.0. The number of fused-ring (bicyclic) bond motifs is 2. The molecule has 2 amide bonds. The van der Waals surface area contributed by atoms with E-state index in [1.54, 1.807) is 17.2 Å². The summed E-state index contributed by atoms with van der Waals surface area (Å²) in [5.74, 6) is 0.0210. The predicted octanol–water partition coefficient (Wildman–Crippen LogP) is 4.23. The second kappa shape index (κ2) is 7.35. The number of hydrogen-bond donors (Lipinski definition) is 0. The van der Waals surface area contributed by atoms with Gasteiger partial charge in [-0.1, -0.05) is 25.1 Å². The fourth-order valence-electron chi connectivity index (χ4n) is 3.32. The Morgan fingerprint density at radius 1 is 1.33 bits per heavy atom. The predicted molar refractivity (Wildman–Crippen MR) is 107 cm³/mol. The van der Waals surface area contributed by atoms with Crippen LogP contribution >= 0.6 is 11.8 Å². The van der Waals surface area contributed by atoms with Crippen LogP contribution in [0, 0.1) is 0 Å². The molecule has 1 aliphatic heterocycles. The summed E-state index contributed by atoms with van der Waals surface area (Å²) in [4.78, 5) is 34.9. The van der Waals surface area contributed by atoms with Crippen molar-refractivity contribution in [2.45, 2.75) is 48.6 Å². The number of amides is 2. The minimum Gasteiger partial charge on any atom is -0.342 e. The van der Waals surface area contributed by atoms with Gasteiger partial charge in [-0.3, -0.25) is 9.59 Å². The number of aromatic nitrogens is 1. The van der Waals surface area contributed by atoms with Gasteiger partial charge in [-0.2, -0.15) is 0 Å². The average Bonchev–Trinajstić information content (AvgIpc) is 3.52. The Morgan fingerprint density at radius 3 is 2.89 bits per heavy atom. The highest BCUT2D eigenvalue weighted by Crippen LogP contribution is 2.44. The van der Waals surface area contributed by atoms with E-state index in [-0.39, 0.29) is 17.9 Å². The molecule has 2 heterocycles. The molecule has 1 fully saturated rings. The number of rotatable bonds is 5. The van der Waals surface area contributed by atoms with E-state index in [0.717, 1.165) is 42.8 Å². The number of carbonyl (C=O) groups excluding carboxylic acids is 2. The molecule has 0 radical (unpaired) electrons. The Labute approximate surface area is 163 Å². The molecule has 0 bridgehead atoms. The number of unbranched alkanes of at least 4 members (excludes halogenated alkanes) is 1. The highest BCUT2D eigenvalue weighted by molar-refractivity contribution is 7.99. The van der Waals surface area contributed by atoms with Crippen molar-refractivity contribution in [2.24, 2.45) is 0 Å². The van der Waals surface area contributed by atoms with Crippen molar-refractivity contribution in [1.82, 2.24) is 9.88 Å². The second-order valence-electron chi connectivity index (χ2n) is 7.13. The van der Waals surface area contributed by atoms with E-state index in [1.807, 2.05) is 36.2 Å². The van der Waals surface area contributed by atoms with Gasteiger partial charge >= 0.3 is 0 Å². The molecule has 1 aromatic heterocycles. The maximum absolute atomic E-state index is 13.1. The molecule has 140 valence electrons. The third-order valence-corrected chi connectivity index (χ3v) is 6.06. The molecule has 5 nitrogen and oxygen atoms in total. The van der Waals surface area contributed by atoms with E-state index < -0.39 is 0 Å². The van der Waals surface area contributed by atoms with Crippen molar-refractivity contribution in [2.75, 3.05) is 18.5 Å². The van der Waals surface area contributed by atoms with Gasteiger partial charge in [0.1, 0.15) is 5.03 Å². The number of hydrogen-bond acceptors (Lipinski definition) is 4. The Hall–Kier alpha value is -2.34. The third kappa shape index (κ3) is 3.46. The van der Waals surface area contributed by atoms with Gasteiger partial charge in [0.05, 0.1) is 11.3 Å². The Bertz CT molecular complexity index is 895. The molecule has 1 aromatic carbocycles. The second-order valence-corrected chi connectivity index (χ2v) is 8.16. The van der Waals surface area contributed by atoms with Crippen LogP contribution in [0.25, 0.3) is 0 Å². The molecule has 1 aliphatic carbocycles. The maximum Gasteiger partial charge on any atom is 0.261 e. The van der Waals surface area contributed by atoms with Crippen LogP contribution in [0.5, 0.6) is 0 Å². The number of carbonyl (C=O) groups is 2. The van der Waals surface area contributed by atoms with Gasteiger partial charge < -0.3 is 9.80 Å². The van der Waals surface area contributed by atoms with Crippen LogP contribution in [0.2, 0.25) is 0 Å². The lowest BCUT2D eigenvalue weighted by molar-refractivity contribution is 0.0793. The topological polar surface area (TPSA) is 53.5 Å². The molecule has 0 saturated heterocycles. The molecular formula is C21H23N3O2S. The molecule has 2 aliphatic rings. The highest BCUT2D eigenvalue weighted by atomic mass is 32.2. The lowest BCUT2D eigenvalue weighted by atomic mass is 10.1. The largest absolute Gasteiger partial charge is 0.342 e. The zero-order valence-corrected chi connectivity index (χ0v) is 16.5. The minimum atomic E-state index is 0.00555. The smallest absolute Gasteiger partial charge is 0.261 e. The van der Waals surface area contributed by atoms with Crippen molar-refractivity contribution in [3.8, 4) is 0 Å². The van der Waals surface area contributed by atoms with E-state index in [4.69, 9.17) is 0 Å². The van der Waals surface area contributed by atoms with Gasteiger partial charge in [-0.15, -0.1) is 0 Å². The zero-order valence-electron chi connectivity index (χ0n) is 15.6. The summed E-state index contributed by atoms with van der Waals surface area (Å²) in [6.07, 6.45) is 5.79. The Morgan fingerprint density at radius 2 is 2.15 bits per heavy atom. The van der Waals surface area contributed by atoms with Crippen LogP contribution in [-0.4, -0.2) is 41.3 Å². The van der Waals surface area contributed by atoms with Gasteiger partial charge in [0.25, 0.3) is 11.8 Å². The molecule has 0 spiro atoms. The quantitative estimate of drug-likeness (QED) is 0.778. The van der Waals surface area contributed by atoms with Gasteiger partial charge in [0.2, 0.25) is 0 Å². The summed E-state index contributed by atoms with van der Waals surface area (Å²) < 4.78 is 0. The van der Waals surface area contributed by atoms with E-state index >= 15 is 0 Å². The molecule has 0 atom stereocenters. The van der Waals surface area contributed by atoms with Crippen molar-refractivity contribution < 1.29 is 9.59 Å². The number of anilines is 1. The van der Waals surface area contributed by atoms with Crippen LogP contribution in [0.3, 0.4) is 0 Å². The summed E-state index contributed by atoms with van der Waals surface area (Å²) in [7, 11) is 1.84. The molecule has 0 N–H and O–H groups in total. The van der Waals surface area contributed by atoms with Gasteiger partial charge in [-0.05, 0) is 49.6 Å². The van der Waals surface area contributed by atoms with Gasteiger partial charge in [0, 0.05) is 36.3 Å². The Balaban J connectivity index is 1.73. The monoisotopic (exact) mass is 381 g/mol. The molecule has 6 heteroatoms. The molecule has 4 rings (SSSR count). The normalized spacial score (nSPS) is 15.8. The molecule has 0 unspecified atom stereocenters. The molecule has 27 heavy (non-hydrogen) atoms. The first-order valence-electron chi connectivity index (χ1n) is 9.46. The number of nitrogens with zero attached hydrogens (tertiary/aromatic N) is 3. The average molecular weight is 382 g/mol. The fraction of sp³-hybridized carbons (Fsp3) is 0.381. The van der Waals surface area contributed by atoms with E-state index in [0.29, 0.717) is 16.2 Å². The van der Waals surface area contributed by atoms with Crippen LogP contribution in [0.15, 0.2) is 46.5 Å². The molecular weight excluding hydrogens is 358 g/mol. The van der Waals surface area contributed by atoms with Crippen LogP contribution in [0.1, 0.15) is 53.3 Å². The van der Waals surface area contributed by atoms with Crippen molar-refractivity contribution in [3.05, 3.63) is 47.7 Å². The standard InChI is InChI=1S/C21H23N3O2S/c1-3-4-12-23(2)20(25)14-7-10-17-18(13-14)27-19-16(6-5-11-22-19)21(26)24(17)15-8-9-15/h5-7,10-11,13,15H,3-4,8-9,12H2,1-2H3. The number of benzene rings is 1. The van der Waals surface area contributed by atoms with Gasteiger partial charge in [0.15, 0.2) is 0 Å². The van der Waals surface area contributed by atoms with Crippen molar-refractivity contribution in [1.29, 1.82) is 0 Å².